The van der Waals surface area contributed by atoms with Gasteiger partial charge in [0.25, 0.3) is 0 Å². The Morgan fingerprint density at radius 3 is 2.50 bits per heavy atom. The van der Waals surface area contributed by atoms with Crippen molar-refractivity contribution < 1.29 is 0 Å². The average Bonchev–Trinajstić information content (AvgIpc) is 2.23. The second-order valence-corrected chi connectivity index (χ2v) is 5.36. The molecule has 0 aliphatic carbocycles. The number of rotatable bonds is 1. The number of nitrogens with two attached hydrogens (primary N) is 1. The number of anilines is 2. The Labute approximate surface area is 96.9 Å². The molecule has 1 aromatic heterocycles. The molecule has 16 heavy (non-hydrogen) atoms. The van der Waals surface area contributed by atoms with Crippen molar-refractivity contribution in [2.24, 2.45) is 5.41 Å². The molecule has 0 amide bonds. The van der Waals surface area contributed by atoms with Crippen molar-refractivity contribution in [3.05, 3.63) is 11.9 Å². The largest absolute Gasteiger partial charge is 0.383 e. The molecule has 0 aromatic carbocycles. The fraction of sp³-hybridized carbons (Fsp3) is 0.667. The van der Waals surface area contributed by atoms with Crippen molar-refractivity contribution in [2.45, 2.75) is 33.6 Å². The lowest BCUT2D eigenvalue weighted by Gasteiger charge is -2.38. The predicted molar refractivity (Wildman–Crippen MR) is 66.4 cm³/mol. The summed E-state index contributed by atoms with van der Waals surface area (Å²) in [5.74, 6) is 1.60. The molecule has 0 spiro atoms. The number of nitrogens with zero attached hydrogens (tertiary/aromatic N) is 3. The smallest absolute Gasteiger partial charge is 0.137 e. The van der Waals surface area contributed by atoms with Crippen LogP contribution >= 0.6 is 0 Å². The van der Waals surface area contributed by atoms with Crippen LogP contribution in [0.3, 0.4) is 0 Å². The third kappa shape index (κ3) is 2.10. The van der Waals surface area contributed by atoms with Gasteiger partial charge in [0.2, 0.25) is 0 Å². The number of aromatic nitrogens is 2. The van der Waals surface area contributed by atoms with Crippen molar-refractivity contribution >= 4 is 11.6 Å². The SMILES string of the molecule is Cc1c(N)ncnc1N1CCC(C)(C)CC1. The topological polar surface area (TPSA) is 55.0 Å². The van der Waals surface area contributed by atoms with Crippen LogP contribution in [0, 0.1) is 12.3 Å². The van der Waals surface area contributed by atoms with Gasteiger partial charge < -0.3 is 10.6 Å². The Bertz CT molecular complexity index is 377. The summed E-state index contributed by atoms with van der Waals surface area (Å²) < 4.78 is 0. The summed E-state index contributed by atoms with van der Waals surface area (Å²) in [5, 5.41) is 0. The molecule has 2 rings (SSSR count). The monoisotopic (exact) mass is 220 g/mol. The molecule has 88 valence electrons. The minimum absolute atomic E-state index is 0.461. The van der Waals surface area contributed by atoms with E-state index in [1.54, 1.807) is 6.33 Å². The van der Waals surface area contributed by atoms with Gasteiger partial charge in [0.1, 0.15) is 18.0 Å². The van der Waals surface area contributed by atoms with Crippen LogP contribution in [0.5, 0.6) is 0 Å². The third-order valence-electron chi connectivity index (χ3n) is 3.51. The highest BCUT2D eigenvalue weighted by atomic mass is 15.2. The molecule has 0 saturated carbocycles. The summed E-state index contributed by atoms with van der Waals surface area (Å²) in [6, 6.07) is 0. The van der Waals surface area contributed by atoms with Gasteiger partial charge in [0.15, 0.2) is 0 Å². The maximum atomic E-state index is 5.80. The third-order valence-corrected chi connectivity index (χ3v) is 3.51. The predicted octanol–water partition coefficient (Wildman–Crippen LogP) is 1.99. The van der Waals surface area contributed by atoms with Crippen LogP contribution < -0.4 is 10.6 Å². The van der Waals surface area contributed by atoms with Gasteiger partial charge in [-0.15, -0.1) is 0 Å². The normalized spacial score (nSPS) is 19.8. The van der Waals surface area contributed by atoms with E-state index in [2.05, 4.69) is 28.7 Å². The molecule has 0 radical (unpaired) electrons. The number of piperidine rings is 1. The highest BCUT2D eigenvalue weighted by Crippen LogP contribution is 2.32. The van der Waals surface area contributed by atoms with Crippen molar-refractivity contribution in [1.82, 2.24) is 9.97 Å². The Balaban J connectivity index is 2.17. The van der Waals surface area contributed by atoms with Crippen molar-refractivity contribution in [3.63, 3.8) is 0 Å². The van der Waals surface area contributed by atoms with Crippen molar-refractivity contribution in [2.75, 3.05) is 23.7 Å². The molecule has 1 aliphatic heterocycles. The first-order valence-electron chi connectivity index (χ1n) is 5.82. The maximum Gasteiger partial charge on any atom is 0.137 e. The Hall–Kier alpha value is -1.32. The maximum absolute atomic E-state index is 5.80. The van der Waals surface area contributed by atoms with Crippen molar-refractivity contribution in [1.29, 1.82) is 0 Å². The number of hydrogen-bond donors (Lipinski definition) is 1. The molecular formula is C12H20N4. The summed E-state index contributed by atoms with van der Waals surface area (Å²) in [5.41, 5.74) is 7.27. The quantitative estimate of drug-likeness (QED) is 0.786. The van der Waals surface area contributed by atoms with Crippen LogP contribution in [-0.4, -0.2) is 23.1 Å². The van der Waals surface area contributed by atoms with Crippen LogP contribution in [0.25, 0.3) is 0 Å². The Morgan fingerprint density at radius 1 is 1.25 bits per heavy atom. The van der Waals surface area contributed by atoms with Gasteiger partial charge in [-0.3, -0.25) is 0 Å². The van der Waals surface area contributed by atoms with Crippen LogP contribution in [0.4, 0.5) is 11.6 Å². The van der Waals surface area contributed by atoms with E-state index in [0.29, 0.717) is 11.2 Å². The fourth-order valence-corrected chi connectivity index (χ4v) is 2.10. The number of hydrogen-bond acceptors (Lipinski definition) is 4. The van der Waals surface area contributed by atoms with Crippen LogP contribution in [0.1, 0.15) is 32.3 Å². The molecule has 4 heteroatoms. The first kappa shape index (κ1) is 11.2. The highest BCUT2D eigenvalue weighted by Gasteiger charge is 2.26. The zero-order valence-corrected chi connectivity index (χ0v) is 10.3. The Kier molecular flexibility index (Phi) is 2.74. The van der Waals surface area contributed by atoms with E-state index < -0.39 is 0 Å². The zero-order valence-electron chi connectivity index (χ0n) is 10.3. The van der Waals surface area contributed by atoms with E-state index in [1.807, 2.05) is 6.92 Å². The van der Waals surface area contributed by atoms with E-state index in [1.165, 1.54) is 12.8 Å². The molecule has 2 N–H and O–H groups in total. The van der Waals surface area contributed by atoms with E-state index in [-0.39, 0.29) is 0 Å². The molecule has 0 atom stereocenters. The lowest BCUT2D eigenvalue weighted by molar-refractivity contribution is 0.279. The van der Waals surface area contributed by atoms with Gasteiger partial charge in [0, 0.05) is 18.7 Å². The van der Waals surface area contributed by atoms with Gasteiger partial charge in [-0.05, 0) is 25.2 Å². The van der Waals surface area contributed by atoms with Crippen LogP contribution in [-0.2, 0) is 0 Å². The molecule has 1 saturated heterocycles. The van der Waals surface area contributed by atoms with E-state index in [4.69, 9.17) is 5.73 Å². The summed E-state index contributed by atoms with van der Waals surface area (Å²) in [7, 11) is 0. The molecule has 0 unspecified atom stereocenters. The minimum Gasteiger partial charge on any atom is -0.383 e. The second-order valence-electron chi connectivity index (χ2n) is 5.36. The minimum atomic E-state index is 0.461. The lowest BCUT2D eigenvalue weighted by Crippen LogP contribution is -2.38. The average molecular weight is 220 g/mol. The molecular weight excluding hydrogens is 200 g/mol. The standard InChI is InChI=1S/C12H20N4/c1-9-10(13)14-8-15-11(9)16-6-4-12(2,3)5-7-16/h8H,4-7H2,1-3H3,(H2,13,14,15). The first-order chi connectivity index (χ1) is 7.49. The van der Waals surface area contributed by atoms with Gasteiger partial charge >= 0.3 is 0 Å². The summed E-state index contributed by atoms with van der Waals surface area (Å²) >= 11 is 0. The molecule has 4 nitrogen and oxygen atoms in total. The van der Waals surface area contributed by atoms with E-state index in [0.717, 1.165) is 24.5 Å². The van der Waals surface area contributed by atoms with Gasteiger partial charge in [-0.2, -0.15) is 0 Å². The molecule has 2 heterocycles. The number of nitrogen functional groups attached to an aromatic ring is 1. The van der Waals surface area contributed by atoms with Crippen LogP contribution in [0.15, 0.2) is 6.33 Å². The first-order valence-corrected chi connectivity index (χ1v) is 5.82. The zero-order chi connectivity index (χ0) is 11.8. The second kappa shape index (κ2) is 3.92. The van der Waals surface area contributed by atoms with Gasteiger partial charge in [-0.1, -0.05) is 13.8 Å². The van der Waals surface area contributed by atoms with E-state index >= 15 is 0 Å². The van der Waals surface area contributed by atoms with Crippen molar-refractivity contribution in [3.8, 4) is 0 Å². The molecule has 0 bridgehead atoms. The van der Waals surface area contributed by atoms with E-state index in [9.17, 15) is 0 Å². The molecule has 1 aliphatic rings. The summed E-state index contributed by atoms with van der Waals surface area (Å²) in [6.07, 6.45) is 3.96. The summed E-state index contributed by atoms with van der Waals surface area (Å²) in [4.78, 5) is 10.7. The lowest BCUT2D eigenvalue weighted by atomic mass is 9.82. The van der Waals surface area contributed by atoms with Crippen LogP contribution in [0.2, 0.25) is 0 Å². The molecule has 1 aromatic rings. The molecule has 1 fully saturated rings. The highest BCUT2D eigenvalue weighted by molar-refractivity contribution is 5.55. The Morgan fingerprint density at radius 2 is 1.88 bits per heavy atom. The van der Waals surface area contributed by atoms with Gasteiger partial charge in [0.05, 0.1) is 0 Å². The summed E-state index contributed by atoms with van der Waals surface area (Å²) in [6.45, 7) is 8.76. The van der Waals surface area contributed by atoms with Gasteiger partial charge in [-0.25, -0.2) is 9.97 Å². The fourth-order valence-electron chi connectivity index (χ4n) is 2.10.